The fourth-order valence-electron chi connectivity index (χ4n) is 4.73. The minimum Gasteiger partial charge on any atom is -0.488 e. The van der Waals surface area contributed by atoms with Crippen LogP contribution in [-0.2, 0) is 31.5 Å². The molecule has 1 N–H and O–H groups in total. The highest BCUT2D eigenvalue weighted by Gasteiger charge is 2.44. The zero-order chi connectivity index (χ0) is 29.9. The van der Waals surface area contributed by atoms with E-state index in [-0.39, 0.29) is 30.3 Å². The smallest absolute Gasteiger partial charge is 0.165 e. The van der Waals surface area contributed by atoms with Crippen LogP contribution in [0.5, 0.6) is 5.75 Å². The lowest BCUT2D eigenvalue weighted by atomic mass is 9.85. The topological polar surface area (TPSA) is 99.6 Å². The molecule has 0 spiro atoms. The Morgan fingerprint density at radius 1 is 1.14 bits per heavy atom. The molecule has 12 heteroatoms. The number of fused-ring (bicyclic) bond motifs is 1. The third-order valence-electron chi connectivity index (χ3n) is 6.93. The van der Waals surface area contributed by atoms with Gasteiger partial charge < -0.3 is 19.5 Å². The predicted molar refractivity (Wildman–Crippen MR) is 159 cm³/mol. The van der Waals surface area contributed by atoms with Crippen LogP contribution in [0.2, 0.25) is 0 Å². The van der Waals surface area contributed by atoms with Crippen LogP contribution >= 0.6 is 15.9 Å². The molecule has 3 aromatic carbocycles. The number of halogens is 3. The molecule has 42 heavy (non-hydrogen) atoms. The van der Waals surface area contributed by atoms with Crippen molar-refractivity contribution in [3.8, 4) is 5.75 Å². The molecule has 0 amide bonds. The molecule has 0 aliphatic carbocycles. The largest absolute Gasteiger partial charge is 0.488 e. The summed E-state index contributed by atoms with van der Waals surface area (Å²) < 4.78 is 70.5. The van der Waals surface area contributed by atoms with Gasteiger partial charge in [0.05, 0.1) is 34.7 Å². The molecule has 5 rings (SSSR count). The number of sulfone groups is 1. The van der Waals surface area contributed by atoms with E-state index in [0.717, 1.165) is 6.26 Å². The summed E-state index contributed by atoms with van der Waals surface area (Å²) in [6.07, 6.45) is 5.41. The van der Waals surface area contributed by atoms with Crippen molar-refractivity contribution in [3.05, 3.63) is 100 Å². The van der Waals surface area contributed by atoms with Gasteiger partial charge in [0, 0.05) is 35.4 Å². The molecule has 0 saturated carbocycles. The van der Waals surface area contributed by atoms with E-state index in [1.807, 2.05) is 6.07 Å². The average molecular weight is 661 g/mol. The van der Waals surface area contributed by atoms with Gasteiger partial charge in [-0.1, -0.05) is 12.1 Å². The maximum absolute atomic E-state index is 15.6. The second-order valence-corrected chi connectivity index (χ2v) is 13.1. The van der Waals surface area contributed by atoms with E-state index in [9.17, 15) is 12.8 Å². The van der Waals surface area contributed by atoms with Gasteiger partial charge in [-0.05, 0) is 70.9 Å². The molecule has 2 heterocycles. The molecule has 1 aliphatic heterocycles. The summed E-state index contributed by atoms with van der Waals surface area (Å²) >= 11 is 3.52. The van der Waals surface area contributed by atoms with Crippen molar-refractivity contribution in [2.45, 2.75) is 31.7 Å². The molecule has 0 bridgehead atoms. The summed E-state index contributed by atoms with van der Waals surface area (Å²) in [5.74, 6) is -0.0113. The number of rotatable bonds is 11. The highest BCUT2D eigenvalue weighted by Crippen LogP contribution is 2.42. The van der Waals surface area contributed by atoms with Gasteiger partial charge >= 0.3 is 0 Å². The van der Waals surface area contributed by atoms with Crippen LogP contribution in [0.3, 0.4) is 0 Å². The van der Waals surface area contributed by atoms with Crippen molar-refractivity contribution in [1.29, 1.82) is 0 Å². The van der Waals surface area contributed by atoms with E-state index >= 15 is 4.39 Å². The summed E-state index contributed by atoms with van der Waals surface area (Å²) in [6.45, 7) is 1.88. The van der Waals surface area contributed by atoms with Crippen molar-refractivity contribution in [3.63, 3.8) is 0 Å². The molecule has 2 unspecified atom stereocenters. The number of nitrogens with one attached hydrogen (secondary N) is 1. The Balaban J connectivity index is 1.40. The van der Waals surface area contributed by atoms with Gasteiger partial charge in [0.15, 0.2) is 5.60 Å². The number of hydrogen-bond acceptors (Lipinski definition) is 8. The first-order valence-corrected chi connectivity index (χ1v) is 15.9. The maximum atomic E-state index is 15.6. The van der Waals surface area contributed by atoms with Crippen LogP contribution in [0.4, 0.5) is 20.3 Å². The van der Waals surface area contributed by atoms with Crippen molar-refractivity contribution in [2.24, 2.45) is 0 Å². The van der Waals surface area contributed by atoms with E-state index in [1.165, 1.54) is 30.8 Å². The summed E-state index contributed by atoms with van der Waals surface area (Å²) in [5, 5.41) is 3.81. The molecule has 4 aromatic rings. The molecule has 1 aromatic heterocycles. The Morgan fingerprint density at radius 3 is 2.69 bits per heavy atom. The van der Waals surface area contributed by atoms with Crippen LogP contribution in [0.25, 0.3) is 10.9 Å². The minimum absolute atomic E-state index is 0.0486. The second-order valence-electron chi connectivity index (χ2n) is 9.99. The van der Waals surface area contributed by atoms with Crippen molar-refractivity contribution >= 4 is 48.2 Å². The molecular formula is C30H28BrF2N3O5S. The predicted octanol–water partition coefficient (Wildman–Crippen LogP) is 6.57. The highest BCUT2D eigenvalue weighted by atomic mass is 79.9. The fraction of sp³-hybridized carbons (Fsp3) is 0.267. The van der Waals surface area contributed by atoms with E-state index in [2.05, 4.69) is 31.2 Å². The van der Waals surface area contributed by atoms with Crippen LogP contribution < -0.4 is 10.1 Å². The molecule has 220 valence electrons. The first-order valence-electron chi connectivity index (χ1n) is 13.0. The first kappa shape index (κ1) is 29.9. The summed E-state index contributed by atoms with van der Waals surface area (Å²) in [7, 11) is -3.23. The molecular weight excluding hydrogens is 632 g/mol. The van der Waals surface area contributed by atoms with Gasteiger partial charge in [-0.2, -0.15) is 0 Å². The Morgan fingerprint density at radius 2 is 1.98 bits per heavy atom. The zero-order valence-corrected chi connectivity index (χ0v) is 25.2. The maximum Gasteiger partial charge on any atom is 0.165 e. The lowest BCUT2D eigenvalue weighted by molar-refractivity contribution is -0.0981. The lowest BCUT2D eigenvalue weighted by Crippen LogP contribution is -2.40. The molecule has 0 fully saturated rings. The molecule has 0 radical (unpaired) electrons. The van der Waals surface area contributed by atoms with Gasteiger partial charge in [-0.3, -0.25) is 0 Å². The van der Waals surface area contributed by atoms with E-state index < -0.39 is 27.4 Å². The normalized spacial score (nSPS) is 17.3. The summed E-state index contributed by atoms with van der Waals surface area (Å²) in [5.41, 5.74) is 0.805. The monoisotopic (exact) mass is 659 g/mol. The summed E-state index contributed by atoms with van der Waals surface area (Å²) in [4.78, 5) is 8.64. The van der Waals surface area contributed by atoms with Gasteiger partial charge in [-0.15, -0.1) is 0 Å². The Labute approximate surface area is 250 Å². The Hall–Kier alpha value is -3.61. The van der Waals surface area contributed by atoms with Crippen molar-refractivity contribution in [1.82, 2.24) is 9.97 Å². The quantitative estimate of drug-likeness (QED) is 0.193. The number of hydrogen-bond donors (Lipinski definition) is 1. The molecule has 0 saturated heterocycles. The molecule has 1 aliphatic rings. The number of aromatic nitrogens is 2. The van der Waals surface area contributed by atoms with E-state index in [1.54, 1.807) is 43.3 Å². The Kier molecular flexibility index (Phi) is 8.76. The number of benzene rings is 3. The van der Waals surface area contributed by atoms with Crippen LogP contribution in [-0.4, -0.2) is 43.1 Å². The second kappa shape index (κ2) is 12.3. The first-order chi connectivity index (χ1) is 20.0. The average Bonchev–Trinajstić information content (AvgIpc) is 3.43. The molecule has 2 atom stereocenters. The van der Waals surface area contributed by atoms with Gasteiger partial charge in [0.25, 0.3) is 0 Å². The highest BCUT2D eigenvalue weighted by molar-refractivity contribution is 9.10. The molecule has 8 nitrogen and oxygen atoms in total. The summed E-state index contributed by atoms with van der Waals surface area (Å²) in [6, 6.07) is 14.5. The lowest BCUT2D eigenvalue weighted by Gasteiger charge is -2.35. The van der Waals surface area contributed by atoms with Crippen molar-refractivity contribution in [2.75, 3.05) is 23.9 Å². The van der Waals surface area contributed by atoms with Gasteiger partial charge in [0.2, 0.25) is 0 Å². The zero-order valence-electron chi connectivity index (χ0n) is 22.8. The van der Waals surface area contributed by atoms with E-state index in [0.29, 0.717) is 44.6 Å². The third-order valence-corrected chi connectivity index (χ3v) is 8.46. The number of ether oxygens (including phenoxy) is 3. The number of nitrogens with zero attached hydrogens (tertiary/aromatic N) is 2. The van der Waals surface area contributed by atoms with Crippen LogP contribution in [0.15, 0.2) is 77.7 Å². The third kappa shape index (κ3) is 6.71. The van der Waals surface area contributed by atoms with Gasteiger partial charge in [-0.25, -0.2) is 27.2 Å². The minimum atomic E-state index is -3.23. The standard InChI is InChI=1S/C30H28BrF2N3O5S/c1-19(39-11-12-42(2,37)38)30(9-4-10-41-30)24-15-23-27(16-26(24)33)34-18-35-29(23)36-22-7-8-28(25(31)14-22)40-17-20-5-3-6-21(32)13-20/h3-8,10,13-16,18-19H,9,11-12,17H2,1-2H3,(H,34,35,36). The fourth-order valence-corrected chi connectivity index (χ4v) is 5.62. The van der Waals surface area contributed by atoms with E-state index in [4.69, 9.17) is 14.2 Å². The Bertz CT molecular complexity index is 1740. The van der Waals surface area contributed by atoms with Crippen molar-refractivity contribution < 1.29 is 31.4 Å². The van der Waals surface area contributed by atoms with Crippen LogP contribution in [0, 0.1) is 11.6 Å². The SMILES string of the molecule is CC(OCCS(C)(=O)=O)C1(c2cc3c(Nc4ccc(OCc5cccc(F)c5)c(Br)c4)ncnc3cc2F)CC=CO1. The van der Waals surface area contributed by atoms with Gasteiger partial charge in [0.1, 0.15) is 46.0 Å². The number of anilines is 2. The van der Waals surface area contributed by atoms with Crippen LogP contribution in [0.1, 0.15) is 24.5 Å².